The van der Waals surface area contributed by atoms with Crippen LogP contribution in [0.25, 0.3) is 16.3 Å². The van der Waals surface area contributed by atoms with Gasteiger partial charge in [-0.05, 0) is 30.7 Å². The fourth-order valence-electron chi connectivity index (χ4n) is 2.70. The first kappa shape index (κ1) is 21.1. The van der Waals surface area contributed by atoms with Crippen molar-refractivity contribution in [3.05, 3.63) is 74.8 Å². The topological polar surface area (TPSA) is 104 Å². The summed E-state index contributed by atoms with van der Waals surface area (Å²) >= 11 is 1.06. The third-order valence-electron chi connectivity index (χ3n) is 3.95. The number of amides is 1. The van der Waals surface area contributed by atoms with E-state index in [1.54, 1.807) is 19.1 Å². The molecule has 0 radical (unpaired) electrons. The highest BCUT2D eigenvalue weighted by atomic mass is 32.1. The van der Waals surface area contributed by atoms with E-state index in [-0.39, 0.29) is 29.2 Å². The van der Waals surface area contributed by atoms with Crippen LogP contribution in [0.4, 0.5) is 10.1 Å². The molecule has 0 aliphatic heterocycles. The Hall–Kier alpha value is -3.66. The van der Waals surface area contributed by atoms with E-state index in [0.717, 1.165) is 17.4 Å². The molecule has 0 saturated carbocycles. The van der Waals surface area contributed by atoms with E-state index < -0.39 is 22.6 Å². The van der Waals surface area contributed by atoms with Gasteiger partial charge < -0.3 is 9.30 Å². The molecular weight excluding hydrogens is 413 g/mol. The number of non-ortho nitro benzene ring substituents is 1. The van der Waals surface area contributed by atoms with Crippen LogP contribution in [-0.2, 0) is 20.9 Å². The minimum absolute atomic E-state index is 0.103. The van der Waals surface area contributed by atoms with E-state index in [9.17, 15) is 24.1 Å². The normalized spacial score (nSPS) is 11.9. The number of carbonyl (C=O) groups excluding carboxylic acids is 2. The van der Waals surface area contributed by atoms with Crippen molar-refractivity contribution in [2.45, 2.75) is 13.5 Å². The fourth-order valence-corrected chi connectivity index (χ4v) is 3.74. The summed E-state index contributed by atoms with van der Waals surface area (Å²) in [5.74, 6) is -1.79. The third-order valence-corrected chi connectivity index (χ3v) is 4.99. The predicted octanol–water partition coefficient (Wildman–Crippen LogP) is 3.45. The van der Waals surface area contributed by atoms with E-state index in [1.165, 1.54) is 41.0 Å². The maximum atomic E-state index is 14.3. The lowest BCUT2D eigenvalue weighted by Crippen LogP contribution is -2.23. The van der Waals surface area contributed by atoms with Crippen LogP contribution in [0.3, 0.4) is 0 Å². The number of fused-ring (bicyclic) bond motifs is 1. The van der Waals surface area contributed by atoms with Crippen LogP contribution in [0.15, 0.2) is 53.5 Å². The summed E-state index contributed by atoms with van der Waals surface area (Å²) in [5.41, 5.74) is 0.507. The number of rotatable bonds is 6. The molecule has 3 aromatic rings. The van der Waals surface area contributed by atoms with Gasteiger partial charge in [-0.3, -0.25) is 19.7 Å². The molecule has 3 rings (SSSR count). The lowest BCUT2D eigenvalue weighted by atomic mass is 10.2. The number of esters is 1. The summed E-state index contributed by atoms with van der Waals surface area (Å²) < 4.78 is 21.1. The maximum absolute atomic E-state index is 14.3. The molecule has 0 fully saturated rings. The van der Waals surface area contributed by atoms with Crippen molar-refractivity contribution >= 4 is 45.2 Å². The van der Waals surface area contributed by atoms with E-state index in [4.69, 9.17) is 4.74 Å². The molecule has 0 aliphatic rings. The molecule has 154 valence electrons. The number of nitrogens with zero attached hydrogens (tertiary/aromatic N) is 3. The Morgan fingerprint density at radius 1 is 1.30 bits per heavy atom. The molecule has 1 amide bonds. The fraction of sp³-hybridized carbons (Fsp3) is 0.150. The van der Waals surface area contributed by atoms with Gasteiger partial charge in [-0.1, -0.05) is 29.5 Å². The van der Waals surface area contributed by atoms with Crippen molar-refractivity contribution in [3.63, 3.8) is 0 Å². The van der Waals surface area contributed by atoms with Crippen molar-refractivity contribution < 1.29 is 23.6 Å². The molecule has 8 nitrogen and oxygen atoms in total. The van der Waals surface area contributed by atoms with Crippen LogP contribution in [0, 0.1) is 15.9 Å². The van der Waals surface area contributed by atoms with Gasteiger partial charge in [-0.25, -0.2) is 4.39 Å². The summed E-state index contributed by atoms with van der Waals surface area (Å²) in [6, 6.07) is 10.2. The Kier molecular flexibility index (Phi) is 6.48. The minimum Gasteiger partial charge on any atom is -0.465 e. The number of nitro benzene ring substituents is 1. The summed E-state index contributed by atoms with van der Waals surface area (Å²) in [5, 5.41) is 10.8. The monoisotopic (exact) mass is 429 g/mol. The number of ether oxygens (including phenoxy) is 1. The Balaban J connectivity index is 1.97. The van der Waals surface area contributed by atoms with Crippen LogP contribution in [0.2, 0.25) is 0 Å². The molecule has 10 heteroatoms. The van der Waals surface area contributed by atoms with E-state index >= 15 is 0 Å². The third kappa shape index (κ3) is 4.84. The molecule has 0 bridgehead atoms. The number of carbonyl (C=O) groups is 2. The minimum atomic E-state index is -0.661. The molecule has 0 aliphatic carbocycles. The summed E-state index contributed by atoms with van der Waals surface area (Å²) in [4.78, 5) is 38.7. The summed E-state index contributed by atoms with van der Waals surface area (Å²) in [6.45, 7) is 1.53. The number of hydrogen-bond donors (Lipinski definition) is 0. The highest BCUT2D eigenvalue weighted by Gasteiger charge is 2.15. The first-order valence-electron chi connectivity index (χ1n) is 8.83. The van der Waals surface area contributed by atoms with E-state index in [0.29, 0.717) is 10.3 Å². The first-order chi connectivity index (χ1) is 14.4. The largest absolute Gasteiger partial charge is 0.465 e. The van der Waals surface area contributed by atoms with Gasteiger partial charge in [0.15, 0.2) is 4.80 Å². The number of para-hydroxylation sites is 1. The second-order valence-electron chi connectivity index (χ2n) is 6.00. The molecular formula is C20H16FN3O5S. The smallest absolute Gasteiger partial charge is 0.326 e. The van der Waals surface area contributed by atoms with Crippen LogP contribution in [0.5, 0.6) is 0 Å². The van der Waals surface area contributed by atoms with Crippen LogP contribution in [-0.4, -0.2) is 28.0 Å². The van der Waals surface area contributed by atoms with Crippen molar-refractivity contribution in [1.29, 1.82) is 0 Å². The molecule has 0 saturated heterocycles. The zero-order valence-electron chi connectivity index (χ0n) is 15.8. The van der Waals surface area contributed by atoms with Gasteiger partial charge in [0.25, 0.3) is 11.6 Å². The lowest BCUT2D eigenvalue weighted by molar-refractivity contribution is -0.384. The summed E-state index contributed by atoms with van der Waals surface area (Å²) in [7, 11) is 0. The number of halogens is 1. The van der Waals surface area contributed by atoms with Gasteiger partial charge in [-0.15, -0.1) is 0 Å². The number of nitro groups is 1. The van der Waals surface area contributed by atoms with E-state index in [1.807, 2.05) is 0 Å². The van der Waals surface area contributed by atoms with Crippen molar-refractivity contribution in [2.24, 2.45) is 4.99 Å². The Bertz CT molecular complexity index is 1230. The zero-order valence-corrected chi connectivity index (χ0v) is 16.6. The molecule has 1 aromatic heterocycles. The number of hydrogen-bond acceptors (Lipinski definition) is 6. The lowest BCUT2D eigenvalue weighted by Gasteiger charge is -2.05. The SMILES string of the molecule is CCOC(=O)Cn1c(=NC(=O)/C=C/c2cccc([N+](=O)[O-])c2)sc2cccc(F)c21. The molecule has 0 N–H and O–H groups in total. The molecule has 0 spiro atoms. The Labute approximate surface area is 173 Å². The van der Waals surface area contributed by atoms with Gasteiger partial charge in [0.2, 0.25) is 0 Å². The van der Waals surface area contributed by atoms with Gasteiger partial charge >= 0.3 is 5.97 Å². The zero-order chi connectivity index (χ0) is 21.7. The highest BCUT2D eigenvalue weighted by molar-refractivity contribution is 7.16. The van der Waals surface area contributed by atoms with Crippen molar-refractivity contribution in [2.75, 3.05) is 6.61 Å². The quantitative estimate of drug-likeness (QED) is 0.258. The van der Waals surface area contributed by atoms with Gasteiger partial charge in [0, 0.05) is 18.2 Å². The Morgan fingerprint density at radius 3 is 2.80 bits per heavy atom. The standard InChI is InChI=1S/C20H16FN3O5S/c1-2-29-18(26)12-23-19-15(21)7-4-8-16(19)30-20(23)22-17(25)10-9-13-5-3-6-14(11-13)24(27)28/h3-11H,2,12H2,1H3/b10-9+,22-20?. The molecule has 1 heterocycles. The molecule has 0 unspecified atom stereocenters. The molecule has 2 aromatic carbocycles. The molecule has 30 heavy (non-hydrogen) atoms. The van der Waals surface area contributed by atoms with Crippen LogP contribution in [0.1, 0.15) is 12.5 Å². The van der Waals surface area contributed by atoms with Gasteiger partial charge in [-0.2, -0.15) is 4.99 Å². The van der Waals surface area contributed by atoms with Crippen LogP contribution >= 0.6 is 11.3 Å². The van der Waals surface area contributed by atoms with Crippen molar-refractivity contribution in [1.82, 2.24) is 4.57 Å². The second-order valence-corrected chi connectivity index (χ2v) is 7.01. The van der Waals surface area contributed by atoms with Gasteiger partial charge in [0.05, 0.1) is 21.7 Å². The molecule has 0 atom stereocenters. The van der Waals surface area contributed by atoms with Crippen molar-refractivity contribution in [3.8, 4) is 0 Å². The van der Waals surface area contributed by atoms with E-state index in [2.05, 4.69) is 4.99 Å². The average Bonchev–Trinajstić information content (AvgIpc) is 3.05. The van der Waals surface area contributed by atoms with Gasteiger partial charge in [0.1, 0.15) is 12.4 Å². The number of aromatic nitrogens is 1. The maximum Gasteiger partial charge on any atom is 0.326 e. The summed E-state index contributed by atoms with van der Waals surface area (Å²) in [6.07, 6.45) is 2.54. The van der Waals surface area contributed by atoms with Crippen LogP contribution < -0.4 is 4.80 Å². The highest BCUT2D eigenvalue weighted by Crippen LogP contribution is 2.20. The number of thiazole rings is 1. The second kappa shape index (κ2) is 9.23. The first-order valence-corrected chi connectivity index (χ1v) is 9.65. The predicted molar refractivity (Wildman–Crippen MR) is 109 cm³/mol. The number of benzene rings is 2. The average molecular weight is 429 g/mol. The Morgan fingerprint density at radius 2 is 2.07 bits per heavy atom.